The first kappa shape index (κ1) is 16.5. The molecule has 2 unspecified atom stereocenters. The molecule has 1 aromatic rings. The molecule has 1 saturated carbocycles. The van der Waals surface area contributed by atoms with Crippen molar-refractivity contribution in [2.75, 3.05) is 13.1 Å². The average molecular weight is 304 g/mol. The summed E-state index contributed by atoms with van der Waals surface area (Å²) < 4.78 is 0. The van der Waals surface area contributed by atoms with Gasteiger partial charge in [0.15, 0.2) is 0 Å². The van der Waals surface area contributed by atoms with Crippen molar-refractivity contribution < 1.29 is 14.7 Å². The summed E-state index contributed by atoms with van der Waals surface area (Å²) in [6.07, 6.45) is 3.41. The third-order valence-corrected chi connectivity index (χ3v) is 4.03. The second kappa shape index (κ2) is 7.94. The number of hydrogen-bond acceptors (Lipinski definition) is 3. The summed E-state index contributed by atoms with van der Waals surface area (Å²) in [5, 5.41) is 15.0. The van der Waals surface area contributed by atoms with Gasteiger partial charge in [0.2, 0.25) is 5.91 Å². The van der Waals surface area contributed by atoms with Crippen molar-refractivity contribution in [3.8, 4) is 0 Å². The molecule has 2 rings (SSSR count). The summed E-state index contributed by atoms with van der Waals surface area (Å²) in [6.45, 7) is 2.46. The van der Waals surface area contributed by atoms with E-state index >= 15 is 0 Å². The van der Waals surface area contributed by atoms with E-state index in [0.717, 1.165) is 31.2 Å². The lowest BCUT2D eigenvalue weighted by Gasteiger charge is -2.25. The maximum absolute atomic E-state index is 11.9. The molecule has 1 aliphatic rings. The van der Waals surface area contributed by atoms with Gasteiger partial charge in [0.25, 0.3) is 5.91 Å². The molecular formula is C17H24N2O3. The fourth-order valence-corrected chi connectivity index (χ4v) is 2.82. The van der Waals surface area contributed by atoms with E-state index in [-0.39, 0.29) is 24.5 Å². The molecule has 1 aromatic carbocycles. The van der Waals surface area contributed by atoms with Crippen LogP contribution in [-0.4, -0.2) is 36.1 Å². The largest absolute Gasteiger partial charge is 0.393 e. The van der Waals surface area contributed by atoms with E-state index in [0.29, 0.717) is 18.0 Å². The lowest BCUT2D eigenvalue weighted by Crippen LogP contribution is -2.39. The zero-order valence-electron chi connectivity index (χ0n) is 13.0. The number of carbonyl (C=O) groups excluding carboxylic acids is 2. The summed E-state index contributed by atoms with van der Waals surface area (Å²) in [6, 6.07) is 7.25. The van der Waals surface area contributed by atoms with Gasteiger partial charge in [-0.25, -0.2) is 0 Å². The van der Waals surface area contributed by atoms with Crippen LogP contribution in [0.5, 0.6) is 0 Å². The van der Waals surface area contributed by atoms with Gasteiger partial charge in [-0.15, -0.1) is 0 Å². The van der Waals surface area contributed by atoms with E-state index in [2.05, 4.69) is 10.6 Å². The van der Waals surface area contributed by atoms with E-state index in [1.807, 2.05) is 19.1 Å². The van der Waals surface area contributed by atoms with E-state index in [1.54, 1.807) is 12.1 Å². The highest BCUT2D eigenvalue weighted by atomic mass is 16.3. The molecule has 0 aliphatic heterocycles. The van der Waals surface area contributed by atoms with Gasteiger partial charge in [-0.3, -0.25) is 9.59 Å². The molecule has 1 fully saturated rings. The van der Waals surface area contributed by atoms with Crippen LogP contribution in [0.4, 0.5) is 0 Å². The minimum absolute atomic E-state index is 0.0257. The molecule has 0 heterocycles. The molecule has 3 N–H and O–H groups in total. The topological polar surface area (TPSA) is 78.4 Å². The quantitative estimate of drug-likeness (QED) is 0.769. The predicted molar refractivity (Wildman–Crippen MR) is 84.5 cm³/mol. The Bertz CT molecular complexity index is 530. The van der Waals surface area contributed by atoms with Crippen molar-refractivity contribution >= 4 is 11.8 Å². The Morgan fingerprint density at radius 3 is 2.82 bits per heavy atom. The molecule has 22 heavy (non-hydrogen) atoms. The van der Waals surface area contributed by atoms with Crippen LogP contribution < -0.4 is 10.6 Å². The first-order chi connectivity index (χ1) is 10.5. The van der Waals surface area contributed by atoms with Gasteiger partial charge < -0.3 is 15.7 Å². The molecule has 5 nitrogen and oxygen atoms in total. The number of hydrogen-bond donors (Lipinski definition) is 3. The van der Waals surface area contributed by atoms with Crippen molar-refractivity contribution in [1.29, 1.82) is 0 Å². The molecule has 0 aromatic heterocycles. The molecular weight excluding hydrogens is 280 g/mol. The highest BCUT2D eigenvalue weighted by molar-refractivity contribution is 5.96. The van der Waals surface area contributed by atoms with Crippen molar-refractivity contribution in [2.45, 2.75) is 38.7 Å². The first-order valence-electron chi connectivity index (χ1n) is 7.84. The van der Waals surface area contributed by atoms with Gasteiger partial charge in [0, 0.05) is 12.1 Å². The Labute approximate surface area is 131 Å². The van der Waals surface area contributed by atoms with Gasteiger partial charge in [-0.2, -0.15) is 0 Å². The Kier molecular flexibility index (Phi) is 5.95. The minimum atomic E-state index is -0.244. The summed E-state index contributed by atoms with van der Waals surface area (Å²) in [7, 11) is 0. The predicted octanol–water partition coefficient (Wildman–Crippen LogP) is 1.39. The number of amides is 2. The van der Waals surface area contributed by atoms with Gasteiger partial charge >= 0.3 is 0 Å². The summed E-state index contributed by atoms with van der Waals surface area (Å²) in [5.74, 6) is -0.104. The zero-order chi connectivity index (χ0) is 15.9. The van der Waals surface area contributed by atoms with Gasteiger partial charge in [-0.1, -0.05) is 24.1 Å². The number of aliphatic hydroxyl groups is 1. The number of nitrogens with one attached hydrogen (secondary N) is 2. The fourth-order valence-electron chi connectivity index (χ4n) is 2.82. The third kappa shape index (κ3) is 5.15. The SMILES string of the molecule is Cc1cccc(C(=O)NCC(=O)NCC2CCCC(O)C2)c1. The van der Waals surface area contributed by atoms with Crippen LogP contribution in [0.1, 0.15) is 41.6 Å². The Morgan fingerprint density at radius 1 is 1.27 bits per heavy atom. The molecule has 120 valence electrons. The monoisotopic (exact) mass is 304 g/mol. The normalized spacial score (nSPS) is 21.2. The Balaban J connectivity index is 1.70. The van der Waals surface area contributed by atoms with Crippen molar-refractivity contribution in [1.82, 2.24) is 10.6 Å². The van der Waals surface area contributed by atoms with Crippen LogP contribution in [0.25, 0.3) is 0 Å². The van der Waals surface area contributed by atoms with Gasteiger partial charge in [0.05, 0.1) is 12.6 Å². The summed E-state index contributed by atoms with van der Waals surface area (Å²) >= 11 is 0. The minimum Gasteiger partial charge on any atom is -0.393 e. The second-order valence-electron chi connectivity index (χ2n) is 6.04. The van der Waals surface area contributed by atoms with Crippen LogP contribution in [-0.2, 0) is 4.79 Å². The summed E-state index contributed by atoms with van der Waals surface area (Å²) in [4.78, 5) is 23.7. The number of benzene rings is 1. The van der Waals surface area contributed by atoms with Crippen LogP contribution in [0.2, 0.25) is 0 Å². The van der Waals surface area contributed by atoms with Crippen molar-refractivity contribution in [2.24, 2.45) is 5.92 Å². The molecule has 1 aliphatic carbocycles. The number of rotatable bonds is 5. The zero-order valence-corrected chi connectivity index (χ0v) is 13.0. The average Bonchev–Trinajstić information content (AvgIpc) is 2.50. The molecule has 0 saturated heterocycles. The molecule has 2 amide bonds. The van der Waals surface area contributed by atoms with Crippen molar-refractivity contribution in [3.05, 3.63) is 35.4 Å². The van der Waals surface area contributed by atoms with E-state index in [9.17, 15) is 14.7 Å². The van der Waals surface area contributed by atoms with Crippen LogP contribution >= 0.6 is 0 Å². The van der Waals surface area contributed by atoms with E-state index < -0.39 is 0 Å². The molecule has 2 atom stereocenters. The van der Waals surface area contributed by atoms with Crippen LogP contribution in [0.3, 0.4) is 0 Å². The highest BCUT2D eigenvalue weighted by Gasteiger charge is 2.20. The maximum Gasteiger partial charge on any atom is 0.251 e. The molecule has 5 heteroatoms. The van der Waals surface area contributed by atoms with Gasteiger partial charge in [0.1, 0.15) is 0 Å². The molecule has 0 spiro atoms. The van der Waals surface area contributed by atoms with Crippen molar-refractivity contribution in [3.63, 3.8) is 0 Å². The number of aryl methyl sites for hydroxylation is 1. The lowest BCUT2D eigenvalue weighted by molar-refractivity contribution is -0.120. The Hall–Kier alpha value is -1.88. The summed E-state index contributed by atoms with van der Waals surface area (Å²) in [5.41, 5.74) is 1.57. The molecule has 0 radical (unpaired) electrons. The fraction of sp³-hybridized carbons (Fsp3) is 0.529. The Morgan fingerprint density at radius 2 is 2.09 bits per heavy atom. The highest BCUT2D eigenvalue weighted by Crippen LogP contribution is 2.23. The van der Waals surface area contributed by atoms with Gasteiger partial charge in [-0.05, 0) is 44.2 Å². The smallest absolute Gasteiger partial charge is 0.251 e. The number of carbonyl (C=O) groups is 2. The lowest BCUT2D eigenvalue weighted by atomic mass is 9.87. The number of aliphatic hydroxyl groups excluding tert-OH is 1. The van der Waals surface area contributed by atoms with Crippen LogP contribution in [0, 0.1) is 12.8 Å². The maximum atomic E-state index is 11.9. The molecule has 0 bridgehead atoms. The second-order valence-corrected chi connectivity index (χ2v) is 6.04. The van der Waals surface area contributed by atoms with E-state index in [4.69, 9.17) is 0 Å². The third-order valence-electron chi connectivity index (χ3n) is 4.03. The first-order valence-corrected chi connectivity index (χ1v) is 7.84. The standard InChI is InChI=1S/C17H24N2O3/c1-12-4-2-6-14(8-12)17(22)19-11-16(21)18-10-13-5-3-7-15(20)9-13/h2,4,6,8,13,15,20H,3,5,7,9-11H2,1H3,(H,18,21)(H,19,22). The van der Waals surface area contributed by atoms with Crippen LogP contribution in [0.15, 0.2) is 24.3 Å². The van der Waals surface area contributed by atoms with E-state index in [1.165, 1.54) is 0 Å².